The lowest BCUT2D eigenvalue weighted by Crippen LogP contribution is -2.23. The lowest BCUT2D eigenvalue weighted by molar-refractivity contribution is -0.568. The number of pyridine rings is 1. The zero-order valence-corrected chi connectivity index (χ0v) is 10.7. The lowest BCUT2D eigenvalue weighted by atomic mass is 10.1. The Morgan fingerprint density at radius 1 is 1.06 bits per heavy atom. The quantitative estimate of drug-likeness (QED) is 0.483. The van der Waals surface area contributed by atoms with Gasteiger partial charge in [-0.25, -0.2) is 0 Å². The first-order valence-corrected chi connectivity index (χ1v) is 5.99. The standard InChI is InChI=1S/C14H11BrNO/c15-13-6-4-12(5-7-13)14(17)8-11-16-9-2-1-3-10-16/h1-11H/q+1/b11-8-. The minimum absolute atomic E-state index is 0.00569. The first-order valence-electron chi connectivity index (χ1n) is 5.19. The van der Waals surface area contributed by atoms with Crippen molar-refractivity contribution in [3.05, 3.63) is 71.0 Å². The molecule has 0 unspecified atom stereocenters. The molecule has 2 nitrogen and oxygen atoms in total. The lowest BCUT2D eigenvalue weighted by Gasteiger charge is -1.94. The summed E-state index contributed by atoms with van der Waals surface area (Å²) in [7, 11) is 0. The maximum absolute atomic E-state index is 11.8. The Bertz CT molecular complexity index is 532. The molecule has 1 aromatic carbocycles. The molecule has 1 aromatic heterocycles. The van der Waals surface area contributed by atoms with E-state index in [9.17, 15) is 4.79 Å². The molecule has 0 aliphatic carbocycles. The monoisotopic (exact) mass is 288 g/mol. The van der Waals surface area contributed by atoms with Crippen LogP contribution in [0.25, 0.3) is 6.20 Å². The molecular formula is C14H11BrNO+. The fraction of sp³-hybridized carbons (Fsp3) is 0. The number of aromatic nitrogens is 1. The third-order valence-corrected chi connectivity index (χ3v) is 2.79. The van der Waals surface area contributed by atoms with E-state index in [-0.39, 0.29) is 5.78 Å². The second-order valence-corrected chi connectivity index (χ2v) is 4.43. The first-order chi connectivity index (χ1) is 8.25. The Balaban J connectivity index is 2.12. The average molecular weight is 289 g/mol. The van der Waals surface area contributed by atoms with Gasteiger partial charge in [0.15, 0.2) is 24.4 Å². The summed E-state index contributed by atoms with van der Waals surface area (Å²) >= 11 is 3.34. The maximum atomic E-state index is 11.8. The van der Waals surface area contributed by atoms with Gasteiger partial charge in [-0.05, 0) is 24.3 Å². The number of rotatable bonds is 3. The van der Waals surface area contributed by atoms with Crippen LogP contribution in [0.1, 0.15) is 10.4 Å². The third kappa shape index (κ3) is 3.36. The highest BCUT2D eigenvalue weighted by molar-refractivity contribution is 9.10. The van der Waals surface area contributed by atoms with Crippen molar-refractivity contribution in [3.63, 3.8) is 0 Å². The van der Waals surface area contributed by atoms with E-state index in [4.69, 9.17) is 0 Å². The van der Waals surface area contributed by atoms with Crippen molar-refractivity contribution in [3.8, 4) is 0 Å². The van der Waals surface area contributed by atoms with E-state index in [0.29, 0.717) is 5.56 Å². The highest BCUT2D eigenvalue weighted by Gasteiger charge is 2.02. The molecule has 0 atom stereocenters. The Morgan fingerprint density at radius 3 is 2.35 bits per heavy atom. The first kappa shape index (κ1) is 11.7. The molecule has 0 saturated heterocycles. The number of allylic oxidation sites excluding steroid dienone is 1. The molecule has 17 heavy (non-hydrogen) atoms. The van der Waals surface area contributed by atoms with Gasteiger partial charge >= 0.3 is 0 Å². The summed E-state index contributed by atoms with van der Waals surface area (Å²) in [6.07, 6.45) is 7.06. The van der Waals surface area contributed by atoms with Gasteiger partial charge in [-0.3, -0.25) is 4.79 Å². The molecule has 0 saturated carbocycles. The van der Waals surface area contributed by atoms with Gasteiger partial charge in [-0.15, -0.1) is 0 Å². The highest BCUT2D eigenvalue weighted by Crippen LogP contribution is 2.11. The second-order valence-electron chi connectivity index (χ2n) is 3.51. The fourth-order valence-electron chi connectivity index (χ4n) is 1.38. The van der Waals surface area contributed by atoms with E-state index in [0.717, 1.165) is 4.47 Å². The van der Waals surface area contributed by atoms with Gasteiger partial charge in [0.05, 0.1) is 6.08 Å². The predicted molar refractivity (Wildman–Crippen MR) is 70.4 cm³/mol. The molecule has 3 heteroatoms. The summed E-state index contributed by atoms with van der Waals surface area (Å²) in [6.45, 7) is 0. The molecule has 2 rings (SSSR count). The highest BCUT2D eigenvalue weighted by atomic mass is 79.9. The molecule has 0 aliphatic rings. The van der Waals surface area contributed by atoms with Crippen molar-refractivity contribution in [1.29, 1.82) is 0 Å². The summed E-state index contributed by atoms with van der Waals surface area (Å²) in [5.74, 6) is -0.00569. The van der Waals surface area contributed by atoms with Crippen LogP contribution in [0.4, 0.5) is 0 Å². The minimum atomic E-state index is -0.00569. The topological polar surface area (TPSA) is 20.9 Å². The van der Waals surface area contributed by atoms with Gasteiger partial charge < -0.3 is 0 Å². The average Bonchev–Trinajstić information content (AvgIpc) is 2.38. The maximum Gasteiger partial charge on any atom is 0.191 e. The smallest absolute Gasteiger partial charge is 0.191 e. The van der Waals surface area contributed by atoms with E-state index in [1.54, 1.807) is 24.4 Å². The second kappa shape index (κ2) is 5.55. The zero-order valence-electron chi connectivity index (χ0n) is 9.08. The summed E-state index contributed by atoms with van der Waals surface area (Å²) < 4.78 is 2.80. The molecule has 0 bridgehead atoms. The molecule has 0 N–H and O–H groups in total. The van der Waals surface area contributed by atoms with Crippen molar-refractivity contribution in [2.45, 2.75) is 0 Å². The summed E-state index contributed by atoms with van der Waals surface area (Å²) in [5.41, 5.74) is 0.681. The van der Waals surface area contributed by atoms with Gasteiger partial charge in [0.2, 0.25) is 0 Å². The van der Waals surface area contributed by atoms with Gasteiger partial charge in [-0.2, -0.15) is 4.57 Å². The molecular weight excluding hydrogens is 278 g/mol. The van der Waals surface area contributed by atoms with Gasteiger partial charge in [-0.1, -0.05) is 22.0 Å². The SMILES string of the molecule is O=C(/C=C\[n+]1ccccc1)c1ccc(Br)cc1. The Labute approximate surface area is 108 Å². The number of carbonyl (C=O) groups is 1. The van der Waals surface area contributed by atoms with Crippen molar-refractivity contribution >= 4 is 27.9 Å². The Hall–Kier alpha value is -1.74. The van der Waals surface area contributed by atoms with Gasteiger partial charge in [0, 0.05) is 22.2 Å². The number of hydrogen-bond acceptors (Lipinski definition) is 1. The van der Waals surface area contributed by atoms with Crippen LogP contribution in [0, 0.1) is 0 Å². The summed E-state index contributed by atoms with van der Waals surface area (Å²) in [5, 5.41) is 0. The molecule has 0 radical (unpaired) electrons. The number of ketones is 1. The summed E-state index contributed by atoms with van der Waals surface area (Å²) in [4.78, 5) is 11.8. The third-order valence-electron chi connectivity index (χ3n) is 2.27. The number of hydrogen-bond donors (Lipinski definition) is 0. The van der Waals surface area contributed by atoms with Gasteiger partial charge in [0.25, 0.3) is 0 Å². The minimum Gasteiger partial charge on any atom is -0.289 e. The van der Waals surface area contributed by atoms with E-state index in [2.05, 4.69) is 15.9 Å². The van der Waals surface area contributed by atoms with Crippen LogP contribution in [0.15, 0.2) is 65.4 Å². The van der Waals surface area contributed by atoms with Crippen LogP contribution in [0.3, 0.4) is 0 Å². The normalized spacial score (nSPS) is 10.6. The Morgan fingerprint density at radius 2 is 1.71 bits per heavy atom. The molecule has 0 spiro atoms. The fourth-order valence-corrected chi connectivity index (χ4v) is 1.64. The van der Waals surface area contributed by atoms with Crippen LogP contribution in [0.5, 0.6) is 0 Å². The van der Waals surface area contributed by atoms with E-state index in [1.165, 1.54) is 0 Å². The molecule has 2 aromatic rings. The number of benzene rings is 1. The van der Waals surface area contributed by atoms with Gasteiger partial charge in [0.1, 0.15) is 0 Å². The molecule has 1 heterocycles. The van der Waals surface area contributed by atoms with Crippen LogP contribution >= 0.6 is 15.9 Å². The van der Waals surface area contributed by atoms with E-state index in [1.807, 2.05) is 47.3 Å². The number of halogens is 1. The largest absolute Gasteiger partial charge is 0.289 e. The van der Waals surface area contributed by atoms with E-state index < -0.39 is 0 Å². The van der Waals surface area contributed by atoms with Crippen LogP contribution in [0.2, 0.25) is 0 Å². The summed E-state index contributed by atoms with van der Waals surface area (Å²) in [6, 6.07) is 13.1. The number of nitrogens with zero attached hydrogens (tertiary/aromatic N) is 1. The predicted octanol–water partition coefficient (Wildman–Crippen LogP) is 3.09. The van der Waals surface area contributed by atoms with Crippen molar-refractivity contribution < 1.29 is 9.36 Å². The van der Waals surface area contributed by atoms with Crippen LogP contribution < -0.4 is 4.57 Å². The van der Waals surface area contributed by atoms with E-state index >= 15 is 0 Å². The zero-order chi connectivity index (χ0) is 12.1. The molecule has 0 aliphatic heterocycles. The molecule has 84 valence electrons. The molecule has 0 amide bonds. The van der Waals surface area contributed by atoms with Crippen molar-refractivity contribution in [1.82, 2.24) is 0 Å². The van der Waals surface area contributed by atoms with Crippen molar-refractivity contribution in [2.75, 3.05) is 0 Å². The number of carbonyl (C=O) groups excluding carboxylic acids is 1. The van der Waals surface area contributed by atoms with Crippen LogP contribution in [-0.4, -0.2) is 5.78 Å². The Kier molecular flexibility index (Phi) is 3.83. The van der Waals surface area contributed by atoms with Crippen molar-refractivity contribution in [2.24, 2.45) is 0 Å². The molecule has 0 fully saturated rings. The van der Waals surface area contributed by atoms with Crippen LogP contribution in [-0.2, 0) is 0 Å².